The first kappa shape index (κ1) is 12.2. The Morgan fingerprint density at radius 1 is 1.20 bits per heavy atom. The molecular weight excluding hydrogens is 186 g/mol. The van der Waals surface area contributed by atoms with Crippen LogP contribution < -0.4 is 0 Å². The summed E-state index contributed by atoms with van der Waals surface area (Å²) in [6.07, 6.45) is 0.771. The largest absolute Gasteiger partial charge is 0.387 e. The van der Waals surface area contributed by atoms with Crippen molar-refractivity contribution in [3.05, 3.63) is 35.9 Å². The van der Waals surface area contributed by atoms with E-state index in [9.17, 15) is 5.11 Å². The maximum atomic E-state index is 10.0. The lowest BCUT2D eigenvalue weighted by atomic mass is 10.1. The highest BCUT2D eigenvalue weighted by molar-refractivity contribution is 5.17. The quantitative estimate of drug-likeness (QED) is 0.774. The summed E-state index contributed by atoms with van der Waals surface area (Å²) in [4.78, 5) is 2.28. The number of hydrogen-bond donors (Lipinski definition) is 1. The van der Waals surface area contributed by atoms with Crippen LogP contribution in [0.15, 0.2) is 30.3 Å². The highest BCUT2D eigenvalue weighted by Gasteiger charge is 2.10. The fourth-order valence-electron chi connectivity index (χ4n) is 1.72. The van der Waals surface area contributed by atoms with Crippen molar-refractivity contribution in [2.45, 2.75) is 26.4 Å². The third kappa shape index (κ3) is 4.02. The zero-order valence-electron chi connectivity index (χ0n) is 9.69. The van der Waals surface area contributed by atoms with Crippen LogP contribution in [-0.4, -0.2) is 29.6 Å². The summed E-state index contributed by atoms with van der Waals surface area (Å²) in [6, 6.07) is 9.86. The molecule has 0 saturated heterocycles. The van der Waals surface area contributed by atoms with Gasteiger partial charge in [-0.25, -0.2) is 0 Å². The Morgan fingerprint density at radius 2 is 1.87 bits per heavy atom. The molecule has 1 atom stereocenters. The van der Waals surface area contributed by atoms with Crippen LogP contribution in [0.5, 0.6) is 0 Å². The van der Waals surface area contributed by atoms with Crippen molar-refractivity contribution in [1.29, 1.82) is 0 Å². The van der Waals surface area contributed by atoms with Crippen LogP contribution in [0.4, 0.5) is 0 Å². The van der Waals surface area contributed by atoms with Gasteiger partial charge in [-0.15, -0.1) is 0 Å². The summed E-state index contributed by atoms with van der Waals surface area (Å²) in [5.41, 5.74) is 1.01. The van der Waals surface area contributed by atoms with Crippen molar-refractivity contribution in [2.24, 2.45) is 0 Å². The lowest BCUT2D eigenvalue weighted by Gasteiger charge is -2.23. The summed E-state index contributed by atoms with van der Waals surface area (Å²) in [5.74, 6) is 0. The Bertz CT molecular complexity index is 260. The maximum absolute atomic E-state index is 10.0. The highest BCUT2D eigenvalue weighted by atomic mass is 16.3. The van der Waals surface area contributed by atoms with E-state index in [2.05, 4.69) is 18.7 Å². The first-order valence-corrected chi connectivity index (χ1v) is 5.73. The predicted molar refractivity (Wildman–Crippen MR) is 63.8 cm³/mol. The van der Waals surface area contributed by atoms with Crippen LogP contribution in [0.3, 0.4) is 0 Å². The van der Waals surface area contributed by atoms with Gasteiger partial charge in [-0.05, 0) is 25.1 Å². The third-order valence-corrected chi connectivity index (χ3v) is 2.60. The molecule has 2 nitrogen and oxygen atoms in total. The smallest absolute Gasteiger partial charge is 0.0916 e. The standard InChI is InChI=1S/C13H21NO/c1-3-10-14(4-2)11-13(15)12-8-6-5-7-9-12/h5-9,13,15H,3-4,10-11H2,1-2H3. The van der Waals surface area contributed by atoms with Crippen molar-refractivity contribution < 1.29 is 5.11 Å². The molecule has 0 saturated carbocycles. The number of likely N-dealkylation sites (N-methyl/N-ethyl adjacent to an activating group) is 1. The van der Waals surface area contributed by atoms with Crippen LogP contribution in [0.1, 0.15) is 31.9 Å². The lowest BCUT2D eigenvalue weighted by molar-refractivity contribution is 0.116. The number of rotatable bonds is 6. The SMILES string of the molecule is CCCN(CC)CC(O)c1ccccc1. The number of hydrogen-bond acceptors (Lipinski definition) is 2. The van der Waals surface area contributed by atoms with E-state index in [-0.39, 0.29) is 6.10 Å². The summed E-state index contributed by atoms with van der Waals surface area (Å²) >= 11 is 0. The molecule has 0 aliphatic rings. The van der Waals surface area contributed by atoms with Crippen molar-refractivity contribution in [3.63, 3.8) is 0 Å². The molecule has 1 aromatic carbocycles. The zero-order valence-corrected chi connectivity index (χ0v) is 9.69. The molecule has 1 unspecified atom stereocenters. The summed E-state index contributed by atoms with van der Waals surface area (Å²) < 4.78 is 0. The van der Waals surface area contributed by atoms with Gasteiger partial charge >= 0.3 is 0 Å². The second kappa shape index (κ2) is 6.59. The monoisotopic (exact) mass is 207 g/mol. The molecule has 1 N–H and O–H groups in total. The molecule has 2 heteroatoms. The van der Waals surface area contributed by atoms with Crippen molar-refractivity contribution >= 4 is 0 Å². The molecule has 15 heavy (non-hydrogen) atoms. The molecule has 0 amide bonds. The van der Waals surface area contributed by atoms with Gasteiger partial charge in [0.25, 0.3) is 0 Å². The van der Waals surface area contributed by atoms with Crippen molar-refractivity contribution in [1.82, 2.24) is 4.90 Å². The van der Waals surface area contributed by atoms with Gasteiger partial charge in [-0.1, -0.05) is 44.2 Å². The molecular formula is C13H21NO. The summed E-state index contributed by atoms with van der Waals surface area (Å²) in [7, 11) is 0. The van der Waals surface area contributed by atoms with Gasteiger partial charge in [0.1, 0.15) is 0 Å². The van der Waals surface area contributed by atoms with Crippen LogP contribution in [0.25, 0.3) is 0 Å². The number of aliphatic hydroxyl groups is 1. The molecule has 0 aliphatic heterocycles. The summed E-state index contributed by atoms with van der Waals surface area (Å²) in [6.45, 7) is 7.08. The van der Waals surface area contributed by atoms with E-state index in [1.807, 2.05) is 30.3 Å². The topological polar surface area (TPSA) is 23.5 Å². The average Bonchev–Trinajstić information content (AvgIpc) is 2.29. The van der Waals surface area contributed by atoms with Crippen LogP contribution in [-0.2, 0) is 0 Å². The van der Waals surface area contributed by atoms with Gasteiger partial charge < -0.3 is 10.0 Å². The molecule has 1 aromatic rings. The Labute approximate surface area is 92.5 Å². The first-order chi connectivity index (χ1) is 7.27. The van der Waals surface area contributed by atoms with Crippen LogP contribution in [0, 0.1) is 0 Å². The Balaban J connectivity index is 2.50. The minimum absolute atomic E-state index is 0.363. The number of aliphatic hydroxyl groups excluding tert-OH is 1. The summed E-state index contributed by atoms with van der Waals surface area (Å²) in [5, 5.41) is 10.0. The third-order valence-electron chi connectivity index (χ3n) is 2.60. The minimum Gasteiger partial charge on any atom is -0.387 e. The number of nitrogens with zero attached hydrogens (tertiary/aromatic N) is 1. The minimum atomic E-state index is -0.363. The second-order valence-electron chi connectivity index (χ2n) is 3.82. The molecule has 0 bridgehead atoms. The first-order valence-electron chi connectivity index (χ1n) is 5.73. The van der Waals surface area contributed by atoms with Gasteiger partial charge in [0.05, 0.1) is 6.10 Å². The molecule has 0 aliphatic carbocycles. The second-order valence-corrected chi connectivity index (χ2v) is 3.82. The molecule has 0 heterocycles. The molecule has 0 aromatic heterocycles. The van der Waals surface area contributed by atoms with E-state index < -0.39 is 0 Å². The van der Waals surface area contributed by atoms with Crippen LogP contribution in [0.2, 0.25) is 0 Å². The molecule has 84 valence electrons. The van der Waals surface area contributed by atoms with Crippen molar-refractivity contribution in [2.75, 3.05) is 19.6 Å². The Morgan fingerprint density at radius 3 is 2.40 bits per heavy atom. The van der Waals surface area contributed by atoms with Gasteiger partial charge in [0.15, 0.2) is 0 Å². The van der Waals surface area contributed by atoms with Gasteiger partial charge in [-0.3, -0.25) is 0 Å². The molecule has 0 fully saturated rings. The number of benzene rings is 1. The van der Waals surface area contributed by atoms with E-state index in [1.54, 1.807) is 0 Å². The predicted octanol–water partition coefficient (Wildman–Crippen LogP) is 2.45. The van der Waals surface area contributed by atoms with Gasteiger partial charge in [-0.2, -0.15) is 0 Å². The van der Waals surface area contributed by atoms with E-state index in [1.165, 1.54) is 0 Å². The van der Waals surface area contributed by atoms with Gasteiger partial charge in [0.2, 0.25) is 0 Å². The van der Waals surface area contributed by atoms with Crippen LogP contribution >= 0.6 is 0 Å². The van der Waals surface area contributed by atoms with Gasteiger partial charge in [0, 0.05) is 6.54 Å². The highest BCUT2D eigenvalue weighted by Crippen LogP contribution is 2.13. The fourth-order valence-corrected chi connectivity index (χ4v) is 1.72. The maximum Gasteiger partial charge on any atom is 0.0916 e. The van der Waals surface area contributed by atoms with E-state index in [0.717, 1.165) is 31.6 Å². The zero-order chi connectivity index (χ0) is 11.1. The molecule has 0 spiro atoms. The average molecular weight is 207 g/mol. The molecule has 1 rings (SSSR count). The fraction of sp³-hybridized carbons (Fsp3) is 0.538. The van der Waals surface area contributed by atoms with Crippen molar-refractivity contribution in [3.8, 4) is 0 Å². The molecule has 0 radical (unpaired) electrons. The Hall–Kier alpha value is -0.860. The lowest BCUT2D eigenvalue weighted by Crippen LogP contribution is -2.29. The Kier molecular flexibility index (Phi) is 5.37. The van der Waals surface area contributed by atoms with E-state index in [4.69, 9.17) is 0 Å². The normalized spacial score (nSPS) is 13.1. The van der Waals surface area contributed by atoms with E-state index in [0.29, 0.717) is 0 Å². The van der Waals surface area contributed by atoms with E-state index >= 15 is 0 Å².